The van der Waals surface area contributed by atoms with Gasteiger partial charge in [0.1, 0.15) is 11.6 Å². The van der Waals surface area contributed by atoms with Crippen LogP contribution in [0, 0.1) is 11.7 Å². The molecule has 0 bridgehead atoms. The Kier molecular flexibility index (Phi) is 4.67. The molecular formula is C13H18FNO3. The zero-order valence-electron chi connectivity index (χ0n) is 10.7. The maximum Gasteiger partial charge on any atom is 0.307 e. The fraction of sp³-hybridized carbons (Fsp3) is 0.462. The fourth-order valence-corrected chi connectivity index (χ4v) is 1.77. The Labute approximate surface area is 106 Å². The summed E-state index contributed by atoms with van der Waals surface area (Å²) in [6.07, 6.45) is 0. The molecule has 2 N–H and O–H groups in total. The van der Waals surface area contributed by atoms with Gasteiger partial charge in [0.15, 0.2) is 0 Å². The third-order valence-electron chi connectivity index (χ3n) is 3.08. The summed E-state index contributed by atoms with van der Waals surface area (Å²) in [6.45, 7) is 3.73. The van der Waals surface area contributed by atoms with E-state index in [0.29, 0.717) is 12.1 Å². The monoisotopic (exact) mass is 255 g/mol. The molecule has 0 heterocycles. The molecule has 2 unspecified atom stereocenters. The highest BCUT2D eigenvalue weighted by molar-refractivity contribution is 5.69. The van der Waals surface area contributed by atoms with E-state index in [4.69, 9.17) is 5.11 Å². The van der Waals surface area contributed by atoms with Gasteiger partial charge in [-0.15, -0.1) is 0 Å². The molecule has 4 nitrogen and oxygen atoms in total. The summed E-state index contributed by atoms with van der Waals surface area (Å²) in [5.74, 6) is -1.81. The van der Waals surface area contributed by atoms with E-state index < -0.39 is 17.7 Å². The molecule has 0 radical (unpaired) electrons. The number of aromatic hydroxyl groups is 1. The number of phenols is 1. The van der Waals surface area contributed by atoms with E-state index >= 15 is 0 Å². The molecule has 1 rings (SSSR count). The molecule has 0 aliphatic carbocycles. The number of halogens is 1. The largest absolute Gasteiger partial charge is 0.508 e. The Morgan fingerprint density at radius 2 is 2.06 bits per heavy atom. The Bertz CT molecular complexity index is 436. The van der Waals surface area contributed by atoms with Crippen LogP contribution in [0.15, 0.2) is 18.2 Å². The Morgan fingerprint density at radius 3 is 2.61 bits per heavy atom. The first-order valence-corrected chi connectivity index (χ1v) is 5.74. The van der Waals surface area contributed by atoms with E-state index in [2.05, 4.69) is 0 Å². The van der Waals surface area contributed by atoms with Crippen molar-refractivity contribution in [2.24, 2.45) is 5.92 Å². The average Bonchev–Trinajstić information content (AvgIpc) is 2.31. The topological polar surface area (TPSA) is 60.8 Å². The number of nitrogens with zero attached hydrogens (tertiary/aromatic N) is 1. The van der Waals surface area contributed by atoms with Gasteiger partial charge < -0.3 is 10.2 Å². The van der Waals surface area contributed by atoms with Crippen LogP contribution in [0.2, 0.25) is 0 Å². The zero-order valence-corrected chi connectivity index (χ0v) is 10.7. The minimum absolute atomic E-state index is 0.0127. The molecule has 0 saturated carbocycles. The highest BCUT2D eigenvalue weighted by Gasteiger charge is 2.20. The number of hydrogen-bond acceptors (Lipinski definition) is 3. The van der Waals surface area contributed by atoms with Crippen LogP contribution in [-0.4, -0.2) is 34.7 Å². The van der Waals surface area contributed by atoms with E-state index in [0.717, 1.165) is 0 Å². The molecule has 0 aliphatic rings. The average molecular weight is 255 g/mol. The minimum atomic E-state index is -0.877. The van der Waals surface area contributed by atoms with Crippen LogP contribution in [0.4, 0.5) is 4.39 Å². The van der Waals surface area contributed by atoms with Crippen LogP contribution < -0.4 is 0 Å². The second-order valence-electron chi connectivity index (χ2n) is 4.56. The maximum atomic E-state index is 13.1. The van der Waals surface area contributed by atoms with Crippen LogP contribution in [0.1, 0.15) is 25.5 Å². The van der Waals surface area contributed by atoms with E-state index in [1.165, 1.54) is 18.2 Å². The lowest BCUT2D eigenvalue weighted by molar-refractivity contribution is -0.141. The van der Waals surface area contributed by atoms with Crippen LogP contribution in [0.5, 0.6) is 5.75 Å². The molecule has 0 spiro atoms. The maximum absolute atomic E-state index is 13.1. The molecule has 0 amide bonds. The molecular weight excluding hydrogens is 237 g/mol. The molecule has 5 heteroatoms. The third kappa shape index (κ3) is 3.43. The summed E-state index contributed by atoms with van der Waals surface area (Å²) >= 11 is 0. The first kappa shape index (κ1) is 14.4. The summed E-state index contributed by atoms with van der Waals surface area (Å²) < 4.78 is 13.1. The summed E-state index contributed by atoms with van der Waals surface area (Å²) in [6, 6.07) is 3.49. The molecule has 0 aliphatic heterocycles. The molecule has 1 aromatic rings. The van der Waals surface area contributed by atoms with Gasteiger partial charge in [0.05, 0.1) is 5.92 Å². The van der Waals surface area contributed by atoms with Crippen molar-refractivity contribution in [2.45, 2.75) is 19.9 Å². The molecule has 2 atom stereocenters. The first-order valence-electron chi connectivity index (χ1n) is 5.74. The summed E-state index contributed by atoms with van der Waals surface area (Å²) in [5, 5.41) is 18.5. The quantitative estimate of drug-likeness (QED) is 0.847. The van der Waals surface area contributed by atoms with Gasteiger partial charge in [0.2, 0.25) is 0 Å². The first-order chi connectivity index (χ1) is 8.32. The molecule has 18 heavy (non-hydrogen) atoms. The third-order valence-corrected chi connectivity index (χ3v) is 3.08. The lowest BCUT2D eigenvalue weighted by atomic mass is 10.0. The smallest absolute Gasteiger partial charge is 0.307 e. The van der Waals surface area contributed by atoms with Gasteiger partial charge >= 0.3 is 5.97 Å². The SMILES string of the molecule is CC(CN(C)C(C)c1cc(F)ccc1O)C(=O)O. The second-order valence-corrected chi connectivity index (χ2v) is 4.56. The predicted molar refractivity (Wildman–Crippen MR) is 65.9 cm³/mol. The lowest BCUT2D eigenvalue weighted by Crippen LogP contribution is -2.30. The minimum Gasteiger partial charge on any atom is -0.508 e. The van der Waals surface area contributed by atoms with Crippen molar-refractivity contribution in [2.75, 3.05) is 13.6 Å². The van der Waals surface area contributed by atoms with Crippen molar-refractivity contribution in [1.82, 2.24) is 4.90 Å². The van der Waals surface area contributed by atoms with Gasteiger partial charge in [-0.05, 0) is 32.2 Å². The number of phenolic OH excluding ortho intramolecular Hbond substituents is 1. The number of aliphatic carboxylic acids is 1. The van der Waals surface area contributed by atoms with Crippen LogP contribution >= 0.6 is 0 Å². The summed E-state index contributed by atoms with van der Waals surface area (Å²) in [4.78, 5) is 12.5. The number of carboxylic acids is 1. The summed E-state index contributed by atoms with van der Waals surface area (Å²) in [5.41, 5.74) is 0.454. The Hall–Kier alpha value is -1.62. The van der Waals surface area contributed by atoms with Gasteiger partial charge in [-0.25, -0.2) is 4.39 Å². The zero-order chi connectivity index (χ0) is 13.9. The van der Waals surface area contributed by atoms with E-state index in [1.807, 2.05) is 0 Å². The Morgan fingerprint density at radius 1 is 1.44 bits per heavy atom. The number of rotatable bonds is 5. The lowest BCUT2D eigenvalue weighted by Gasteiger charge is -2.27. The van der Waals surface area contributed by atoms with Crippen molar-refractivity contribution in [3.63, 3.8) is 0 Å². The van der Waals surface area contributed by atoms with Crippen molar-refractivity contribution >= 4 is 5.97 Å². The van der Waals surface area contributed by atoms with Crippen molar-refractivity contribution < 1.29 is 19.4 Å². The number of hydrogen-bond donors (Lipinski definition) is 2. The van der Waals surface area contributed by atoms with Crippen LogP contribution in [0.3, 0.4) is 0 Å². The van der Waals surface area contributed by atoms with Crippen molar-refractivity contribution in [3.05, 3.63) is 29.6 Å². The predicted octanol–water partition coefficient (Wildman–Crippen LogP) is 2.24. The molecule has 0 aromatic heterocycles. The van der Waals surface area contributed by atoms with Gasteiger partial charge in [-0.2, -0.15) is 0 Å². The molecule has 1 aromatic carbocycles. The van der Waals surface area contributed by atoms with E-state index in [-0.39, 0.29) is 11.8 Å². The van der Waals surface area contributed by atoms with Crippen LogP contribution in [0.25, 0.3) is 0 Å². The normalized spacial score (nSPS) is 14.5. The fourth-order valence-electron chi connectivity index (χ4n) is 1.77. The van der Waals surface area contributed by atoms with Gasteiger partial charge in [0, 0.05) is 18.2 Å². The molecule has 0 saturated heterocycles. The summed E-state index contributed by atoms with van der Waals surface area (Å²) in [7, 11) is 1.74. The second kappa shape index (κ2) is 5.82. The van der Waals surface area contributed by atoms with Crippen molar-refractivity contribution in [1.29, 1.82) is 0 Å². The van der Waals surface area contributed by atoms with Gasteiger partial charge in [-0.3, -0.25) is 9.69 Å². The highest BCUT2D eigenvalue weighted by atomic mass is 19.1. The van der Waals surface area contributed by atoms with E-state index in [1.54, 1.807) is 25.8 Å². The van der Waals surface area contributed by atoms with Crippen molar-refractivity contribution in [3.8, 4) is 5.75 Å². The number of benzene rings is 1. The Balaban J connectivity index is 2.82. The van der Waals surface area contributed by atoms with E-state index in [9.17, 15) is 14.3 Å². The number of carbonyl (C=O) groups is 1. The van der Waals surface area contributed by atoms with Crippen LogP contribution in [-0.2, 0) is 4.79 Å². The highest BCUT2D eigenvalue weighted by Crippen LogP contribution is 2.28. The van der Waals surface area contributed by atoms with Gasteiger partial charge in [-0.1, -0.05) is 6.92 Å². The molecule has 0 fully saturated rings. The number of carboxylic acid groups (broad SMARTS) is 1. The molecule has 100 valence electrons. The standard InChI is InChI=1S/C13H18FNO3/c1-8(13(17)18)7-15(3)9(2)11-6-10(14)4-5-12(11)16/h4-6,8-9,16H,7H2,1-3H3,(H,17,18). The van der Waals surface area contributed by atoms with Gasteiger partial charge in [0.25, 0.3) is 0 Å².